The monoisotopic (exact) mass is 336 g/mol. The fourth-order valence-corrected chi connectivity index (χ4v) is 1.89. The number of carbonyl (C=O) groups is 2. The molecule has 2 aromatic rings. The Morgan fingerprint density at radius 1 is 1.14 bits per heavy atom. The number of benzene rings is 1. The maximum atomic E-state index is 11.7. The van der Waals surface area contributed by atoms with Crippen LogP contribution in [-0.2, 0) is 9.59 Å². The molecule has 1 aromatic carbocycles. The van der Waals surface area contributed by atoms with Crippen LogP contribution in [0.1, 0.15) is 5.69 Å². The Morgan fingerprint density at radius 3 is 2.64 bits per heavy atom. The van der Waals surface area contributed by atoms with E-state index in [0.29, 0.717) is 10.7 Å². The molecule has 0 saturated heterocycles. The van der Waals surface area contributed by atoms with E-state index in [1.165, 1.54) is 18.3 Å². The van der Waals surface area contributed by atoms with Crippen LogP contribution in [0.5, 0.6) is 0 Å². The largest absolute Gasteiger partial charge is 0.329 e. The van der Waals surface area contributed by atoms with Crippen molar-refractivity contribution < 1.29 is 9.59 Å². The zero-order valence-electron chi connectivity index (χ0n) is 11.1. The van der Waals surface area contributed by atoms with Crippen LogP contribution < -0.4 is 10.7 Å². The van der Waals surface area contributed by atoms with Crippen molar-refractivity contribution in [2.75, 3.05) is 5.32 Å². The zero-order valence-corrected chi connectivity index (χ0v) is 12.6. The van der Waals surface area contributed by atoms with E-state index in [1.54, 1.807) is 30.5 Å². The number of nitrogens with one attached hydrogen (secondary N) is 2. The number of amides is 2. The first kappa shape index (κ1) is 15.9. The van der Waals surface area contributed by atoms with Gasteiger partial charge in [-0.1, -0.05) is 29.3 Å². The highest BCUT2D eigenvalue weighted by Gasteiger charge is 2.14. The lowest BCUT2D eigenvalue weighted by atomic mass is 10.3. The minimum atomic E-state index is -0.932. The summed E-state index contributed by atoms with van der Waals surface area (Å²) in [5.41, 5.74) is 2.91. The Hall–Kier alpha value is -2.44. The van der Waals surface area contributed by atoms with Crippen LogP contribution >= 0.6 is 23.2 Å². The normalized spacial score (nSPS) is 10.5. The number of hydrazone groups is 1. The Morgan fingerprint density at radius 2 is 1.95 bits per heavy atom. The standard InChI is InChI=1S/C14H10Cl2N4O2/c15-9-4-5-12(11(16)7-9)19-13(21)14(22)20-18-8-10-3-1-2-6-17-10/h1-8H,(H,19,21)(H,20,22)/b18-8-. The van der Waals surface area contributed by atoms with Gasteiger partial charge in [0.1, 0.15) is 0 Å². The maximum Gasteiger partial charge on any atom is 0.329 e. The molecule has 6 nitrogen and oxygen atoms in total. The van der Waals surface area contributed by atoms with Crippen molar-refractivity contribution in [1.29, 1.82) is 0 Å². The smallest absolute Gasteiger partial charge is 0.316 e. The number of halogens is 2. The van der Waals surface area contributed by atoms with Gasteiger partial charge in [-0.25, -0.2) is 5.43 Å². The van der Waals surface area contributed by atoms with E-state index >= 15 is 0 Å². The molecular formula is C14H10Cl2N4O2. The van der Waals surface area contributed by atoms with Gasteiger partial charge in [-0.3, -0.25) is 14.6 Å². The number of aromatic nitrogens is 1. The summed E-state index contributed by atoms with van der Waals surface area (Å²) in [6.45, 7) is 0. The first-order chi connectivity index (χ1) is 10.6. The van der Waals surface area contributed by atoms with E-state index in [4.69, 9.17) is 23.2 Å². The van der Waals surface area contributed by atoms with Gasteiger partial charge in [0.2, 0.25) is 0 Å². The molecule has 2 rings (SSSR count). The van der Waals surface area contributed by atoms with Crippen molar-refractivity contribution in [2.24, 2.45) is 5.10 Å². The maximum absolute atomic E-state index is 11.7. The van der Waals surface area contributed by atoms with Crippen LogP contribution in [0.4, 0.5) is 5.69 Å². The minimum absolute atomic E-state index is 0.227. The van der Waals surface area contributed by atoms with E-state index in [1.807, 2.05) is 0 Å². The summed E-state index contributed by atoms with van der Waals surface area (Å²) in [7, 11) is 0. The number of carbonyl (C=O) groups excluding carboxylic acids is 2. The topological polar surface area (TPSA) is 83.5 Å². The second-order valence-corrected chi connectivity index (χ2v) is 4.88. The third kappa shape index (κ3) is 4.54. The molecule has 112 valence electrons. The van der Waals surface area contributed by atoms with Crippen LogP contribution in [-0.4, -0.2) is 23.0 Å². The first-order valence-corrected chi connectivity index (χ1v) is 6.82. The molecule has 0 radical (unpaired) electrons. The summed E-state index contributed by atoms with van der Waals surface area (Å²) >= 11 is 11.6. The number of hydrogen-bond donors (Lipinski definition) is 2. The average molecular weight is 337 g/mol. The van der Waals surface area contributed by atoms with Crippen LogP contribution in [0.3, 0.4) is 0 Å². The summed E-state index contributed by atoms with van der Waals surface area (Å²) in [5.74, 6) is -1.83. The van der Waals surface area contributed by atoms with E-state index in [0.717, 1.165) is 0 Å². The van der Waals surface area contributed by atoms with Gasteiger partial charge in [-0.05, 0) is 30.3 Å². The van der Waals surface area contributed by atoms with Crippen molar-refractivity contribution in [3.05, 3.63) is 58.3 Å². The highest BCUT2D eigenvalue weighted by atomic mass is 35.5. The molecule has 0 fully saturated rings. The number of rotatable bonds is 3. The van der Waals surface area contributed by atoms with Crippen molar-refractivity contribution in [3.8, 4) is 0 Å². The second kappa shape index (κ2) is 7.53. The van der Waals surface area contributed by atoms with Crippen LogP contribution in [0, 0.1) is 0 Å². The van der Waals surface area contributed by atoms with Crippen LogP contribution in [0.15, 0.2) is 47.7 Å². The Balaban J connectivity index is 1.92. The molecule has 2 N–H and O–H groups in total. The minimum Gasteiger partial charge on any atom is -0.316 e. The van der Waals surface area contributed by atoms with Gasteiger partial charge in [0.15, 0.2) is 0 Å². The fraction of sp³-hybridized carbons (Fsp3) is 0. The van der Waals surface area contributed by atoms with Crippen LogP contribution in [0.2, 0.25) is 10.0 Å². The Bertz CT molecular complexity index is 720. The predicted octanol–water partition coefficient (Wildman–Crippen LogP) is 2.48. The lowest BCUT2D eigenvalue weighted by Gasteiger charge is -2.06. The van der Waals surface area contributed by atoms with Crippen molar-refractivity contribution in [2.45, 2.75) is 0 Å². The molecule has 0 spiro atoms. The molecule has 0 aliphatic carbocycles. The number of pyridine rings is 1. The molecule has 1 aromatic heterocycles. The average Bonchev–Trinajstić information content (AvgIpc) is 2.51. The molecule has 8 heteroatoms. The Labute approximate surface area is 136 Å². The summed E-state index contributed by atoms with van der Waals surface area (Å²) < 4.78 is 0. The van der Waals surface area contributed by atoms with E-state index in [2.05, 4.69) is 20.8 Å². The number of anilines is 1. The predicted molar refractivity (Wildman–Crippen MR) is 85.1 cm³/mol. The quantitative estimate of drug-likeness (QED) is 0.513. The lowest BCUT2D eigenvalue weighted by molar-refractivity contribution is -0.136. The molecule has 2 amide bonds. The highest BCUT2D eigenvalue weighted by Crippen LogP contribution is 2.25. The molecule has 0 bridgehead atoms. The van der Waals surface area contributed by atoms with E-state index < -0.39 is 11.8 Å². The lowest BCUT2D eigenvalue weighted by Crippen LogP contribution is -2.32. The highest BCUT2D eigenvalue weighted by molar-refractivity contribution is 6.42. The summed E-state index contributed by atoms with van der Waals surface area (Å²) in [6.07, 6.45) is 2.90. The number of hydrogen-bond acceptors (Lipinski definition) is 4. The van der Waals surface area contributed by atoms with Crippen molar-refractivity contribution >= 4 is 46.9 Å². The second-order valence-electron chi connectivity index (χ2n) is 4.03. The third-order valence-corrected chi connectivity index (χ3v) is 2.98. The molecule has 1 heterocycles. The first-order valence-electron chi connectivity index (χ1n) is 6.07. The van der Waals surface area contributed by atoms with Gasteiger partial charge >= 0.3 is 11.8 Å². The zero-order chi connectivity index (χ0) is 15.9. The van der Waals surface area contributed by atoms with E-state index in [9.17, 15) is 9.59 Å². The van der Waals surface area contributed by atoms with Gasteiger partial charge in [-0.2, -0.15) is 5.10 Å². The Kier molecular flexibility index (Phi) is 5.46. The molecule has 0 atom stereocenters. The SMILES string of the molecule is O=C(N/N=C\c1ccccn1)C(=O)Nc1ccc(Cl)cc1Cl. The van der Waals surface area contributed by atoms with Gasteiger partial charge < -0.3 is 5.32 Å². The summed E-state index contributed by atoms with van der Waals surface area (Å²) in [4.78, 5) is 27.3. The van der Waals surface area contributed by atoms with Gasteiger partial charge in [0.25, 0.3) is 0 Å². The van der Waals surface area contributed by atoms with Crippen molar-refractivity contribution in [1.82, 2.24) is 10.4 Å². The number of nitrogens with zero attached hydrogens (tertiary/aromatic N) is 2. The molecular weight excluding hydrogens is 327 g/mol. The van der Waals surface area contributed by atoms with Gasteiger partial charge in [0.05, 0.1) is 22.6 Å². The molecule has 0 saturated carbocycles. The van der Waals surface area contributed by atoms with Gasteiger partial charge in [-0.15, -0.1) is 0 Å². The molecule has 0 aliphatic rings. The van der Waals surface area contributed by atoms with Crippen LogP contribution in [0.25, 0.3) is 0 Å². The molecule has 0 aliphatic heterocycles. The third-order valence-electron chi connectivity index (χ3n) is 2.44. The molecule has 0 unspecified atom stereocenters. The fourth-order valence-electron chi connectivity index (χ4n) is 1.43. The van der Waals surface area contributed by atoms with Crippen molar-refractivity contribution in [3.63, 3.8) is 0 Å². The summed E-state index contributed by atoms with van der Waals surface area (Å²) in [5, 5.41) is 6.64. The van der Waals surface area contributed by atoms with E-state index in [-0.39, 0.29) is 10.7 Å². The van der Waals surface area contributed by atoms with Gasteiger partial charge in [0, 0.05) is 11.2 Å². The summed E-state index contributed by atoms with van der Waals surface area (Å²) in [6, 6.07) is 9.71. The molecule has 22 heavy (non-hydrogen) atoms.